The number of benzene rings is 1. The fourth-order valence-corrected chi connectivity index (χ4v) is 3.99. The smallest absolute Gasteiger partial charge is 0.124 e. The Hall–Kier alpha value is -0.930. The molecular formula is C18H26FNS. The van der Waals surface area contributed by atoms with Crippen molar-refractivity contribution in [1.29, 1.82) is 0 Å². The van der Waals surface area contributed by atoms with Gasteiger partial charge in [-0.3, -0.25) is 0 Å². The lowest BCUT2D eigenvalue weighted by molar-refractivity contribution is 0.503. The zero-order valence-corrected chi connectivity index (χ0v) is 13.9. The number of fused-ring (bicyclic) bond motifs is 1. The quantitative estimate of drug-likeness (QED) is 0.556. The molecule has 0 saturated heterocycles. The SMILES string of the molecule is CCCCCCCCC(NC)c1cc2ccc(F)cc2s1. The minimum atomic E-state index is -0.146. The lowest BCUT2D eigenvalue weighted by atomic mass is 10.0. The second-order valence-corrected chi connectivity index (χ2v) is 6.84. The van der Waals surface area contributed by atoms with Crippen LogP contribution >= 0.6 is 11.3 Å². The van der Waals surface area contributed by atoms with Gasteiger partial charge >= 0.3 is 0 Å². The predicted molar refractivity (Wildman–Crippen MR) is 91.6 cm³/mol. The molecule has 0 fully saturated rings. The molecule has 2 rings (SSSR count). The Labute approximate surface area is 131 Å². The van der Waals surface area contributed by atoms with Crippen LogP contribution in [0.2, 0.25) is 0 Å². The van der Waals surface area contributed by atoms with Crippen molar-refractivity contribution in [2.24, 2.45) is 0 Å². The summed E-state index contributed by atoms with van der Waals surface area (Å²) in [4.78, 5) is 1.33. The molecule has 0 aliphatic heterocycles. The number of thiophene rings is 1. The minimum Gasteiger partial charge on any atom is -0.312 e. The molecule has 0 amide bonds. The van der Waals surface area contributed by atoms with Crippen molar-refractivity contribution in [2.75, 3.05) is 7.05 Å². The maximum Gasteiger partial charge on any atom is 0.124 e. The van der Waals surface area contributed by atoms with Gasteiger partial charge in [0.2, 0.25) is 0 Å². The summed E-state index contributed by atoms with van der Waals surface area (Å²) in [5.74, 6) is -0.146. The van der Waals surface area contributed by atoms with Crippen molar-refractivity contribution in [3.05, 3.63) is 35.0 Å². The van der Waals surface area contributed by atoms with E-state index in [2.05, 4.69) is 18.3 Å². The third kappa shape index (κ3) is 4.79. The average Bonchev–Trinajstić information content (AvgIpc) is 2.89. The van der Waals surface area contributed by atoms with Gasteiger partial charge in [0.25, 0.3) is 0 Å². The first-order valence-corrected chi connectivity index (χ1v) is 8.92. The van der Waals surface area contributed by atoms with Crippen molar-refractivity contribution in [3.8, 4) is 0 Å². The molecular weight excluding hydrogens is 281 g/mol. The molecule has 1 aromatic carbocycles. The van der Waals surface area contributed by atoms with Crippen LogP contribution in [0.1, 0.15) is 62.8 Å². The highest BCUT2D eigenvalue weighted by molar-refractivity contribution is 7.19. The molecule has 1 N–H and O–H groups in total. The highest BCUT2D eigenvalue weighted by Crippen LogP contribution is 2.32. The van der Waals surface area contributed by atoms with Gasteiger partial charge in [-0.15, -0.1) is 11.3 Å². The second-order valence-electron chi connectivity index (χ2n) is 5.73. The molecule has 1 unspecified atom stereocenters. The Morgan fingerprint density at radius 3 is 2.62 bits per heavy atom. The van der Waals surface area contributed by atoms with Gasteiger partial charge in [-0.05, 0) is 37.1 Å². The molecule has 1 atom stereocenters. The van der Waals surface area contributed by atoms with Crippen molar-refractivity contribution < 1.29 is 4.39 Å². The molecule has 0 bridgehead atoms. The number of unbranched alkanes of at least 4 members (excludes halogenated alkanes) is 5. The van der Waals surface area contributed by atoms with Crippen LogP contribution in [-0.2, 0) is 0 Å². The van der Waals surface area contributed by atoms with E-state index in [1.54, 1.807) is 23.5 Å². The van der Waals surface area contributed by atoms with Gasteiger partial charge in [-0.1, -0.05) is 51.5 Å². The lowest BCUT2D eigenvalue weighted by Gasteiger charge is -2.14. The van der Waals surface area contributed by atoms with E-state index in [4.69, 9.17) is 0 Å². The summed E-state index contributed by atoms with van der Waals surface area (Å²) in [6.07, 6.45) is 9.12. The van der Waals surface area contributed by atoms with Gasteiger partial charge in [-0.25, -0.2) is 4.39 Å². The molecule has 1 nitrogen and oxygen atoms in total. The molecule has 1 heterocycles. The number of rotatable bonds is 9. The van der Waals surface area contributed by atoms with Crippen LogP contribution in [0.4, 0.5) is 4.39 Å². The van der Waals surface area contributed by atoms with Crippen LogP contribution in [0.3, 0.4) is 0 Å². The average molecular weight is 307 g/mol. The van der Waals surface area contributed by atoms with Gasteiger partial charge in [0, 0.05) is 15.6 Å². The maximum atomic E-state index is 13.3. The van der Waals surface area contributed by atoms with E-state index in [1.165, 1.54) is 43.4 Å². The predicted octanol–water partition coefficient (Wildman–Crippen LogP) is 6.05. The topological polar surface area (TPSA) is 12.0 Å². The summed E-state index contributed by atoms with van der Waals surface area (Å²) >= 11 is 1.71. The fraction of sp³-hybridized carbons (Fsp3) is 0.556. The Bertz CT molecular complexity index is 549. The Morgan fingerprint density at radius 2 is 1.86 bits per heavy atom. The summed E-state index contributed by atoms with van der Waals surface area (Å²) < 4.78 is 14.3. The van der Waals surface area contributed by atoms with E-state index in [9.17, 15) is 4.39 Å². The Morgan fingerprint density at radius 1 is 1.10 bits per heavy atom. The molecule has 0 aliphatic carbocycles. The molecule has 2 aromatic rings. The summed E-state index contributed by atoms with van der Waals surface area (Å²) in [6.45, 7) is 2.25. The van der Waals surface area contributed by atoms with Crippen LogP contribution < -0.4 is 5.32 Å². The summed E-state index contributed by atoms with van der Waals surface area (Å²) in [7, 11) is 2.02. The third-order valence-corrected chi connectivity index (χ3v) is 5.25. The first kappa shape index (κ1) is 16.4. The Balaban J connectivity index is 1.90. The summed E-state index contributed by atoms with van der Waals surface area (Å²) in [5, 5.41) is 4.57. The molecule has 0 aliphatic rings. The van der Waals surface area contributed by atoms with Crippen LogP contribution in [0, 0.1) is 5.82 Å². The maximum absolute atomic E-state index is 13.3. The van der Waals surface area contributed by atoms with Crippen molar-refractivity contribution in [1.82, 2.24) is 5.32 Å². The van der Waals surface area contributed by atoms with Gasteiger partial charge in [0.05, 0.1) is 0 Å². The third-order valence-electron chi connectivity index (χ3n) is 4.04. The van der Waals surface area contributed by atoms with E-state index in [0.29, 0.717) is 6.04 Å². The van der Waals surface area contributed by atoms with Gasteiger partial charge in [0.15, 0.2) is 0 Å². The molecule has 21 heavy (non-hydrogen) atoms. The lowest BCUT2D eigenvalue weighted by Crippen LogP contribution is -2.14. The van der Waals surface area contributed by atoms with E-state index in [-0.39, 0.29) is 5.82 Å². The molecule has 1 aromatic heterocycles. The minimum absolute atomic E-state index is 0.146. The first-order valence-electron chi connectivity index (χ1n) is 8.11. The molecule has 3 heteroatoms. The van der Waals surface area contributed by atoms with Gasteiger partial charge in [0.1, 0.15) is 5.82 Å². The summed E-state index contributed by atoms with van der Waals surface area (Å²) in [5.41, 5.74) is 0. The largest absolute Gasteiger partial charge is 0.312 e. The number of nitrogens with one attached hydrogen (secondary N) is 1. The van der Waals surface area contributed by atoms with E-state index >= 15 is 0 Å². The molecule has 0 saturated carbocycles. The zero-order chi connectivity index (χ0) is 15.1. The summed E-state index contributed by atoms with van der Waals surface area (Å²) in [6, 6.07) is 7.67. The van der Waals surface area contributed by atoms with Crippen LogP contribution in [0.5, 0.6) is 0 Å². The monoisotopic (exact) mass is 307 g/mol. The van der Waals surface area contributed by atoms with Crippen LogP contribution in [0.15, 0.2) is 24.3 Å². The highest BCUT2D eigenvalue weighted by Gasteiger charge is 2.12. The fourth-order valence-electron chi connectivity index (χ4n) is 2.75. The first-order chi connectivity index (χ1) is 10.2. The van der Waals surface area contributed by atoms with E-state index < -0.39 is 0 Å². The van der Waals surface area contributed by atoms with Crippen molar-refractivity contribution in [3.63, 3.8) is 0 Å². The number of hydrogen-bond acceptors (Lipinski definition) is 2. The van der Waals surface area contributed by atoms with Crippen LogP contribution in [-0.4, -0.2) is 7.05 Å². The molecule has 0 radical (unpaired) electrons. The molecule has 0 spiro atoms. The Kier molecular flexibility index (Phi) is 6.65. The van der Waals surface area contributed by atoms with E-state index in [0.717, 1.165) is 16.5 Å². The number of halogens is 1. The zero-order valence-electron chi connectivity index (χ0n) is 13.1. The molecule has 116 valence electrons. The number of hydrogen-bond donors (Lipinski definition) is 1. The second kappa shape index (κ2) is 8.50. The highest BCUT2D eigenvalue weighted by atomic mass is 32.1. The van der Waals surface area contributed by atoms with Gasteiger partial charge < -0.3 is 5.32 Å². The van der Waals surface area contributed by atoms with Crippen molar-refractivity contribution >= 4 is 21.4 Å². The van der Waals surface area contributed by atoms with Crippen LogP contribution in [0.25, 0.3) is 10.1 Å². The standard InChI is InChI=1S/C18H26FNS/c1-3-4-5-6-7-8-9-16(20-2)18-12-14-10-11-15(19)13-17(14)21-18/h10-13,16,20H,3-9H2,1-2H3. The van der Waals surface area contributed by atoms with Crippen molar-refractivity contribution in [2.45, 2.75) is 57.9 Å². The van der Waals surface area contributed by atoms with Gasteiger partial charge in [-0.2, -0.15) is 0 Å². The normalized spacial score (nSPS) is 12.9. The van der Waals surface area contributed by atoms with E-state index in [1.807, 2.05) is 13.1 Å².